The molecule has 0 N–H and O–H groups in total. The number of unbranched alkanes of at least 4 members (excludes halogenated alkanes) is 1. The quantitative estimate of drug-likeness (QED) is 0.704. The topological polar surface area (TPSA) is 29.5 Å². The van der Waals surface area contributed by atoms with Crippen LogP contribution in [0.2, 0.25) is 0 Å². The highest BCUT2D eigenvalue weighted by Gasteiger charge is 2.22. The van der Waals surface area contributed by atoms with Gasteiger partial charge in [0.2, 0.25) is 5.91 Å². The van der Waals surface area contributed by atoms with Gasteiger partial charge in [0.15, 0.2) is 0 Å². The Morgan fingerprint density at radius 1 is 1.44 bits per heavy atom. The fraction of sp³-hybridized carbons (Fsp3) is 0.917. The lowest BCUT2D eigenvalue weighted by molar-refractivity contribution is -0.133. The Morgan fingerprint density at radius 3 is 2.69 bits per heavy atom. The maximum Gasteiger partial charge on any atom is 0.222 e. The predicted octanol–water partition coefficient (Wildman–Crippen LogP) is 2.58. The summed E-state index contributed by atoms with van der Waals surface area (Å²) < 4.78 is 5.66. The van der Waals surface area contributed by atoms with Crippen LogP contribution in [0.25, 0.3) is 0 Å². The summed E-state index contributed by atoms with van der Waals surface area (Å²) in [7, 11) is 0. The molecule has 0 aliphatic carbocycles. The lowest BCUT2D eigenvalue weighted by Gasteiger charge is -2.32. The maximum atomic E-state index is 11.8. The van der Waals surface area contributed by atoms with Gasteiger partial charge < -0.3 is 9.64 Å². The number of hydrogen-bond donors (Lipinski definition) is 0. The Morgan fingerprint density at radius 2 is 2.12 bits per heavy atom. The van der Waals surface area contributed by atoms with Gasteiger partial charge in [0.1, 0.15) is 0 Å². The van der Waals surface area contributed by atoms with Gasteiger partial charge in [0, 0.05) is 24.8 Å². The van der Waals surface area contributed by atoms with Crippen molar-refractivity contribution < 1.29 is 9.53 Å². The third-order valence-electron chi connectivity index (χ3n) is 2.97. The minimum Gasteiger partial charge on any atom is -0.377 e. The average Bonchev–Trinajstić information content (AvgIpc) is 2.34. The average molecular weight is 292 g/mol. The summed E-state index contributed by atoms with van der Waals surface area (Å²) in [4.78, 5) is 13.7. The van der Waals surface area contributed by atoms with Crippen LogP contribution in [-0.4, -0.2) is 41.9 Å². The van der Waals surface area contributed by atoms with Crippen LogP contribution in [0.5, 0.6) is 0 Å². The summed E-state index contributed by atoms with van der Waals surface area (Å²) in [5.41, 5.74) is 0. The second-order valence-corrected chi connectivity index (χ2v) is 5.04. The van der Waals surface area contributed by atoms with E-state index in [1.165, 1.54) is 0 Å². The van der Waals surface area contributed by atoms with E-state index in [0.29, 0.717) is 18.4 Å². The molecular weight excluding hydrogens is 270 g/mol. The minimum absolute atomic E-state index is 0.320. The predicted molar refractivity (Wildman–Crippen MR) is 68.9 cm³/mol. The van der Waals surface area contributed by atoms with Gasteiger partial charge in [-0.2, -0.15) is 0 Å². The molecule has 3 nitrogen and oxygen atoms in total. The number of amides is 1. The highest BCUT2D eigenvalue weighted by Crippen LogP contribution is 2.15. The molecule has 0 radical (unpaired) electrons. The van der Waals surface area contributed by atoms with E-state index < -0.39 is 0 Å². The fourth-order valence-corrected chi connectivity index (χ4v) is 2.16. The Bertz CT molecular complexity index is 203. The summed E-state index contributed by atoms with van der Waals surface area (Å²) in [6, 6.07) is 0. The summed E-state index contributed by atoms with van der Waals surface area (Å²) in [6.07, 6.45) is 5.15. The number of hydrogen-bond acceptors (Lipinski definition) is 2. The summed E-state index contributed by atoms with van der Waals surface area (Å²) in [6.45, 7) is 4.63. The minimum atomic E-state index is 0.320. The Hall–Kier alpha value is -0.0900. The van der Waals surface area contributed by atoms with Crippen molar-refractivity contribution in [2.75, 3.05) is 25.0 Å². The number of alkyl halides is 1. The van der Waals surface area contributed by atoms with Crippen molar-refractivity contribution >= 4 is 21.8 Å². The lowest BCUT2D eigenvalue weighted by Crippen LogP contribution is -2.40. The molecule has 0 aromatic heterocycles. The zero-order valence-corrected chi connectivity index (χ0v) is 11.7. The van der Waals surface area contributed by atoms with E-state index in [0.717, 1.165) is 50.7 Å². The van der Waals surface area contributed by atoms with E-state index in [1.807, 2.05) is 4.90 Å². The third-order valence-corrected chi connectivity index (χ3v) is 3.29. The van der Waals surface area contributed by atoms with Crippen molar-refractivity contribution in [1.29, 1.82) is 0 Å². The van der Waals surface area contributed by atoms with Gasteiger partial charge in [-0.25, -0.2) is 0 Å². The molecule has 0 bridgehead atoms. The van der Waals surface area contributed by atoms with Gasteiger partial charge in [-0.1, -0.05) is 29.3 Å². The van der Waals surface area contributed by atoms with Crippen molar-refractivity contribution in [1.82, 2.24) is 4.90 Å². The fourth-order valence-electron chi connectivity index (χ4n) is 1.97. The molecule has 0 saturated carbocycles. The monoisotopic (exact) mass is 291 g/mol. The first-order valence-electron chi connectivity index (χ1n) is 6.23. The van der Waals surface area contributed by atoms with E-state index in [-0.39, 0.29) is 0 Å². The molecule has 1 heterocycles. The molecule has 94 valence electrons. The van der Waals surface area contributed by atoms with Gasteiger partial charge in [-0.15, -0.1) is 0 Å². The van der Waals surface area contributed by atoms with Crippen LogP contribution in [0.3, 0.4) is 0 Å². The van der Waals surface area contributed by atoms with Gasteiger partial charge in [-0.05, 0) is 19.3 Å². The molecule has 0 atom stereocenters. The van der Waals surface area contributed by atoms with Crippen LogP contribution >= 0.6 is 15.9 Å². The molecule has 1 rings (SSSR count). The maximum absolute atomic E-state index is 11.8. The molecule has 0 aromatic carbocycles. The van der Waals surface area contributed by atoms with E-state index >= 15 is 0 Å². The summed E-state index contributed by atoms with van der Waals surface area (Å²) in [5, 5.41) is 0.892. The molecule has 16 heavy (non-hydrogen) atoms. The summed E-state index contributed by atoms with van der Waals surface area (Å²) in [5.74, 6) is 0.320. The van der Waals surface area contributed by atoms with Crippen LogP contribution in [0, 0.1) is 0 Å². The van der Waals surface area contributed by atoms with Crippen molar-refractivity contribution in [3.63, 3.8) is 0 Å². The molecule has 0 spiro atoms. The van der Waals surface area contributed by atoms with E-state index in [9.17, 15) is 4.79 Å². The first-order valence-corrected chi connectivity index (χ1v) is 7.35. The van der Waals surface area contributed by atoms with E-state index in [4.69, 9.17) is 4.74 Å². The second-order valence-electron chi connectivity index (χ2n) is 4.24. The number of rotatable bonds is 6. The molecule has 1 fully saturated rings. The molecule has 1 saturated heterocycles. The molecule has 0 aromatic rings. The molecule has 4 heteroatoms. The molecule has 0 unspecified atom stereocenters. The Balaban J connectivity index is 2.18. The van der Waals surface area contributed by atoms with Crippen LogP contribution < -0.4 is 0 Å². The first-order chi connectivity index (χ1) is 7.77. The lowest BCUT2D eigenvalue weighted by atomic mass is 10.1. The van der Waals surface area contributed by atoms with Crippen LogP contribution in [0.1, 0.15) is 39.0 Å². The summed E-state index contributed by atoms with van der Waals surface area (Å²) >= 11 is 3.35. The smallest absolute Gasteiger partial charge is 0.222 e. The van der Waals surface area contributed by atoms with Gasteiger partial charge in [0.05, 0.1) is 12.7 Å². The number of ether oxygens (including phenoxy) is 1. The number of piperidine rings is 1. The largest absolute Gasteiger partial charge is 0.377 e. The highest BCUT2D eigenvalue weighted by molar-refractivity contribution is 9.09. The molecule has 1 amide bonds. The number of carbonyl (C=O) groups excluding carboxylic acids is 1. The highest BCUT2D eigenvalue weighted by atomic mass is 79.9. The SMILES string of the molecule is CCCCC(=O)N1CCC(OCCBr)CC1. The zero-order valence-electron chi connectivity index (χ0n) is 10.1. The van der Waals surface area contributed by atoms with Crippen molar-refractivity contribution in [3.8, 4) is 0 Å². The number of likely N-dealkylation sites (tertiary alicyclic amines) is 1. The van der Waals surface area contributed by atoms with E-state index in [1.54, 1.807) is 0 Å². The van der Waals surface area contributed by atoms with Gasteiger partial charge in [0.25, 0.3) is 0 Å². The van der Waals surface area contributed by atoms with Crippen molar-refractivity contribution in [2.45, 2.75) is 45.1 Å². The number of nitrogens with zero attached hydrogens (tertiary/aromatic N) is 1. The number of halogens is 1. The van der Waals surface area contributed by atoms with Crippen LogP contribution in [-0.2, 0) is 9.53 Å². The van der Waals surface area contributed by atoms with Crippen molar-refractivity contribution in [3.05, 3.63) is 0 Å². The van der Waals surface area contributed by atoms with Gasteiger partial charge in [-0.3, -0.25) is 4.79 Å². The zero-order chi connectivity index (χ0) is 11.8. The normalized spacial score (nSPS) is 17.8. The second kappa shape index (κ2) is 8.07. The van der Waals surface area contributed by atoms with E-state index in [2.05, 4.69) is 22.9 Å². The van der Waals surface area contributed by atoms with Crippen LogP contribution in [0.15, 0.2) is 0 Å². The Kier molecular flexibility index (Phi) is 7.05. The molecule has 1 aliphatic rings. The molecule has 1 aliphatic heterocycles. The van der Waals surface area contributed by atoms with Crippen LogP contribution in [0.4, 0.5) is 0 Å². The standard InChI is InChI=1S/C12H22BrNO2/c1-2-3-4-12(15)14-8-5-11(6-9-14)16-10-7-13/h11H,2-10H2,1H3. The number of carbonyl (C=O) groups is 1. The van der Waals surface area contributed by atoms with Gasteiger partial charge >= 0.3 is 0 Å². The molecular formula is C12H22BrNO2. The third kappa shape index (κ3) is 4.83. The first kappa shape index (κ1) is 14.0. The Labute approximate surface area is 107 Å². The van der Waals surface area contributed by atoms with Crippen molar-refractivity contribution in [2.24, 2.45) is 0 Å².